The zero-order chi connectivity index (χ0) is 15.5. The number of hydrogen-bond donors (Lipinski definition) is 1. The molecule has 0 heterocycles. The summed E-state index contributed by atoms with van der Waals surface area (Å²) in [4.78, 5) is 0. The lowest BCUT2D eigenvalue weighted by Gasteiger charge is -2.49. The molecular formula is C19H31NO. The predicted molar refractivity (Wildman–Crippen MR) is 90.0 cm³/mol. The lowest BCUT2D eigenvalue weighted by molar-refractivity contribution is 0.131. The van der Waals surface area contributed by atoms with Gasteiger partial charge in [-0.05, 0) is 42.4 Å². The molecular weight excluding hydrogens is 258 g/mol. The van der Waals surface area contributed by atoms with Crippen LogP contribution < -0.4 is 10.1 Å². The summed E-state index contributed by atoms with van der Waals surface area (Å²) in [6.45, 7) is 13.1. The molecule has 1 fully saturated rings. The topological polar surface area (TPSA) is 21.3 Å². The quantitative estimate of drug-likeness (QED) is 0.804. The van der Waals surface area contributed by atoms with Gasteiger partial charge in [-0.1, -0.05) is 46.8 Å². The van der Waals surface area contributed by atoms with Gasteiger partial charge < -0.3 is 10.1 Å². The maximum atomic E-state index is 5.80. The van der Waals surface area contributed by atoms with Crippen molar-refractivity contribution in [1.82, 2.24) is 5.32 Å². The second-order valence-corrected chi connectivity index (χ2v) is 7.36. The number of benzene rings is 1. The van der Waals surface area contributed by atoms with E-state index in [1.165, 1.54) is 18.4 Å². The lowest BCUT2D eigenvalue weighted by atomic mass is 9.57. The summed E-state index contributed by atoms with van der Waals surface area (Å²) in [6, 6.07) is 9.36. The van der Waals surface area contributed by atoms with Crippen molar-refractivity contribution in [2.45, 2.75) is 58.9 Å². The fourth-order valence-electron chi connectivity index (χ4n) is 3.11. The molecule has 2 nitrogen and oxygen atoms in total. The Hall–Kier alpha value is -1.02. The molecule has 0 spiro atoms. The summed E-state index contributed by atoms with van der Waals surface area (Å²) < 4.78 is 5.80. The monoisotopic (exact) mass is 289 g/mol. The van der Waals surface area contributed by atoms with Crippen LogP contribution in [0.1, 0.15) is 53.0 Å². The fourth-order valence-corrected chi connectivity index (χ4v) is 3.11. The fraction of sp³-hybridized carbons (Fsp3) is 0.684. The molecule has 0 aromatic heterocycles. The van der Waals surface area contributed by atoms with Crippen LogP contribution in [-0.4, -0.2) is 19.2 Å². The number of nitrogens with one attached hydrogen (secondary N) is 1. The van der Waals surface area contributed by atoms with E-state index in [1.807, 2.05) is 0 Å². The SMILES string of the molecule is CC(C)COc1ccc(C2(CNC(C)C)CCC2C)cc1. The van der Waals surface area contributed by atoms with Crippen molar-refractivity contribution in [3.63, 3.8) is 0 Å². The molecule has 118 valence electrons. The molecule has 1 N–H and O–H groups in total. The standard InChI is InChI=1S/C19H31NO/c1-14(2)12-21-18-8-6-17(7-9-18)19(11-10-16(19)5)13-20-15(3)4/h6-9,14-16,20H,10-13H2,1-5H3. The van der Waals surface area contributed by atoms with Crippen molar-refractivity contribution in [3.8, 4) is 5.75 Å². The molecule has 2 atom stereocenters. The second kappa shape index (κ2) is 6.83. The van der Waals surface area contributed by atoms with E-state index in [0.717, 1.165) is 24.8 Å². The van der Waals surface area contributed by atoms with Crippen LogP contribution in [0.5, 0.6) is 5.75 Å². The molecule has 1 aromatic rings. The summed E-state index contributed by atoms with van der Waals surface area (Å²) in [7, 11) is 0. The van der Waals surface area contributed by atoms with Gasteiger partial charge in [-0.25, -0.2) is 0 Å². The van der Waals surface area contributed by atoms with Crippen molar-refractivity contribution in [2.75, 3.05) is 13.2 Å². The molecule has 2 unspecified atom stereocenters. The van der Waals surface area contributed by atoms with Crippen LogP contribution in [0.3, 0.4) is 0 Å². The normalized spacial score (nSPS) is 25.2. The molecule has 0 radical (unpaired) electrons. The Kier molecular flexibility index (Phi) is 5.32. The van der Waals surface area contributed by atoms with Gasteiger partial charge in [0.2, 0.25) is 0 Å². The predicted octanol–water partition coefficient (Wildman–Crippen LogP) is 4.39. The third-order valence-corrected chi connectivity index (χ3v) is 4.81. The van der Waals surface area contributed by atoms with Crippen molar-refractivity contribution in [1.29, 1.82) is 0 Å². The van der Waals surface area contributed by atoms with Gasteiger partial charge in [0.25, 0.3) is 0 Å². The van der Waals surface area contributed by atoms with E-state index in [9.17, 15) is 0 Å². The van der Waals surface area contributed by atoms with Gasteiger partial charge in [0.05, 0.1) is 6.61 Å². The molecule has 1 aliphatic rings. The van der Waals surface area contributed by atoms with Gasteiger partial charge in [-0.15, -0.1) is 0 Å². The van der Waals surface area contributed by atoms with E-state index in [-0.39, 0.29) is 0 Å². The maximum absolute atomic E-state index is 5.80. The Bertz CT molecular complexity index is 437. The molecule has 0 bridgehead atoms. The summed E-state index contributed by atoms with van der Waals surface area (Å²) in [5.74, 6) is 2.32. The second-order valence-electron chi connectivity index (χ2n) is 7.36. The Morgan fingerprint density at radius 2 is 1.86 bits per heavy atom. The Morgan fingerprint density at radius 3 is 2.29 bits per heavy atom. The molecule has 1 aromatic carbocycles. The third kappa shape index (κ3) is 3.79. The smallest absolute Gasteiger partial charge is 0.119 e. The zero-order valence-corrected chi connectivity index (χ0v) is 14.3. The zero-order valence-electron chi connectivity index (χ0n) is 14.3. The summed E-state index contributed by atoms with van der Waals surface area (Å²) >= 11 is 0. The Balaban J connectivity index is 2.07. The van der Waals surface area contributed by atoms with Crippen LogP contribution in [0, 0.1) is 11.8 Å². The van der Waals surface area contributed by atoms with Crippen LogP contribution >= 0.6 is 0 Å². The highest BCUT2D eigenvalue weighted by Gasteiger charge is 2.44. The van der Waals surface area contributed by atoms with E-state index in [1.54, 1.807) is 0 Å². The highest BCUT2D eigenvalue weighted by molar-refractivity contribution is 5.35. The molecule has 0 amide bonds. The highest BCUT2D eigenvalue weighted by Crippen LogP contribution is 2.48. The first kappa shape index (κ1) is 16.4. The number of rotatable bonds is 7. The van der Waals surface area contributed by atoms with Gasteiger partial charge in [-0.2, -0.15) is 0 Å². The van der Waals surface area contributed by atoms with Crippen molar-refractivity contribution in [3.05, 3.63) is 29.8 Å². The average molecular weight is 289 g/mol. The molecule has 0 aliphatic heterocycles. The van der Waals surface area contributed by atoms with Gasteiger partial charge >= 0.3 is 0 Å². The number of ether oxygens (including phenoxy) is 1. The summed E-state index contributed by atoms with van der Waals surface area (Å²) in [5, 5.41) is 3.64. The summed E-state index contributed by atoms with van der Waals surface area (Å²) in [6.07, 6.45) is 2.63. The van der Waals surface area contributed by atoms with E-state index in [4.69, 9.17) is 4.74 Å². The van der Waals surface area contributed by atoms with Crippen LogP contribution in [-0.2, 0) is 5.41 Å². The van der Waals surface area contributed by atoms with Crippen molar-refractivity contribution in [2.24, 2.45) is 11.8 Å². The minimum Gasteiger partial charge on any atom is -0.493 e. The first-order valence-electron chi connectivity index (χ1n) is 8.41. The van der Waals surface area contributed by atoms with Crippen LogP contribution in [0.4, 0.5) is 0 Å². The molecule has 1 saturated carbocycles. The third-order valence-electron chi connectivity index (χ3n) is 4.81. The Morgan fingerprint density at radius 1 is 1.19 bits per heavy atom. The highest BCUT2D eigenvalue weighted by atomic mass is 16.5. The maximum Gasteiger partial charge on any atom is 0.119 e. The number of hydrogen-bond acceptors (Lipinski definition) is 2. The van der Waals surface area contributed by atoms with Gasteiger partial charge in [0.15, 0.2) is 0 Å². The van der Waals surface area contributed by atoms with E-state index in [0.29, 0.717) is 17.4 Å². The molecule has 0 saturated heterocycles. The lowest BCUT2D eigenvalue weighted by Crippen LogP contribution is -2.51. The van der Waals surface area contributed by atoms with E-state index < -0.39 is 0 Å². The van der Waals surface area contributed by atoms with Crippen LogP contribution in [0.2, 0.25) is 0 Å². The van der Waals surface area contributed by atoms with Gasteiger partial charge in [-0.3, -0.25) is 0 Å². The van der Waals surface area contributed by atoms with Crippen molar-refractivity contribution >= 4 is 0 Å². The molecule has 1 aliphatic carbocycles. The first-order valence-corrected chi connectivity index (χ1v) is 8.41. The average Bonchev–Trinajstić information content (AvgIpc) is 2.45. The van der Waals surface area contributed by atoms with Crippen LogP contribution in [0.15, 0.2) is 24.3 Å². The summed E-state index contributed by atoms with van der Waals surface area (Å²) in [5.41, 5.74) is 1.78. The van der Waals surface area contributed by atoms with Crippen molar-refractivity contribution < 1.29 is 4.74 Å². The minimum atomic E-state index is 0.320. The van der Waals surface area contributed by atoms with Crippen LogP contribution in [0.25, 0.3) is 0 Å². The van der Waals surface area contributed by atoms with Gasteiger partial charge in [0.1, 0.15) is 5.75 Å². The Labute approximate surface area is 130 Å². The first-order chi connectivity index (χ1) is 9.94. The minimum absolute atomic E-state index is 0.320. The molecule has 21 heavy (non-hydrogen) atoms. The molecule has 2 heteroatoms. The van der Waals surface area contributed by atoms with E-state index >= 15 is 0 Å². The largest absolute Gasteiger partial charge is 0.493 e. The van der Waals surface area contributed by atoms with E-state index in [2.05, 4.69) is 64.2 Å². The van der Waals surface area contributed by atoms with Gasteiger partial charge in [0, 0.05) is 18.0 Å². The molecule has 2 rings (SSSR count).